The molecule has 0 bridgehead atoms. The SMILES string of the molecule is C=CC(=O)N1CCCC(Nc2nc(Nc3ccc4c(c3)CN(CC3CCNCC3)C4)ncc2F)C1.CC. The monoisotopic (exact) mass is 509 g/mol. The lowest BCUT2D eigenvalue weighted by atomic mass is 9.98. The summed E-state index contributed by atoms with van der Waals surface area (Å²) in [4.78, 5) is 24.7. The fourth-order valence-corrected chi connectivity index (χ4v) is 5.38. The maximum Gasteiger partial charge on any atom is 0.246 e. The minimum atomic E-state index is -0.509. The zero-order chi connectivity index (χ0) is 26.2. The first-order valence-electron chi connectivity index (χ1n) is 13.6. The number of rotatable bonds is 7. The fourth-order valence-electron chi connectivity index (χ4n) is 5.38. The topological polar surface area (TPSA) is 85.4 Å². The average Bonchev–Trinajstić information content (AvgIpc) is 3.33. The lowest BCUT2D eigenvalue weighted by molar-refractivity contribution is -0.127. The van der Waals surface area contributed by atoms with Gasteiger partial charge in [-0.25, -0.2) is 9.37 Å². The Kier molecular flexibility index (Phi) is 9.46. The molecule has 3 N–H and O–H groups in total. The Labute approximate surface area is 219 Å². The molecule has 2 fully saturated rings. The van der Waals surface area contributed by atoms with Crippen molar-refractivity contribution in [2.24, 2.45) is 5.92 Å². The van der Waals surface area contributed by atoms with Crippen LogP contribution in [0.3, 0.4) is 0 Å². The van der Waals surface area contributed by atoms with Crippen LogP contribution in [0.5, 0.6) is 0 Å². The van der Waals surface area contributed by atoms with Crippen molar-refractivity contribution < 1.29 is 9.18 Å². The first-order valence-corrected chi connectivity index (χ1v) is 13.6. The lowest BCUT2D eigenvalue weighted by Crippen LogP contribution is -2.44. The Bertz CT molecular complexity index is 1070. The molecule has 0 saturated carbocycles. The fraction of sp³-hybridized carbons (Fsp3) is 0.536. The molecule has 1 aromatic carbocycles. The van der Waals surface area contributed by atoms with E-state index in [4.69, 9.17) is 0 Å². The third-order valence-corrected chi connectivity index (χ3v) is 7.22. The van der Waals surface area contributed by atoms with Crippen molar-refractivity contribution in [3.05, 3.63) is 54.0 Å². The maximum absolute atomic E-state index is 14.5. The number of hydrogen-bond donors (Lipinski definition) is 3. The van der Waals surface area contributed by atoms with Gasteiger partial charge in [-0.3, -0.25) is 9.69 Å². The smallest absolute Gasteiger partial charge is 0.246 e. The molecule has 1 amide bonds. The van der Waals surface area contributed by atoms with Crippen LogP contribution < -0.4 is 16.0 Å². The number of nitrogens with zero attached hydrogens (tertiary/aromatic N) is 4. The summed E-state index contributed by atoms with van der Waals surface area (Å²) >= 11 is 0. The number of likely N-dealkylation sites (tertiary alicyclic amines) is 1. The summed E-state index contributed by atoms with van der Waals surface area (Å²) < 4.78 is 14.5. The van der Waals surface area contributed by atoms with Crippen LogP contribution in [0.2, 0.25) is 0 Å². The molecular formula is C28H40FN7O. The van der Waals surface area contributed by atoms with Crippen molar-refractivity contribution >= 4 is 23.4 Å². The number of carbonyl (C=O) groups is 1. The van der Waals surface area contributed by atoms with Gasteiger partial charge in [-0.1, -0.05) is 26.5 Å². The van der Waals surface area contributed by atoms with E-state index >= 15 is 0 Å². The van der Waals surface area contributed by atoms with E-state index in [0.29, 0.717) is 19.0 Å². The minimum Gasteiger partial charge on any atom is -0.363 e. The zero-order valence-corrected chi connectivity index (χ0v) is 22.1. The van der Waals surface area contributed by atoms with Crippen LogP contribution in [-0.4, -0.2) is 64.4 Å². The first kappa shape index (κ1) is 27.0. The summed E-state index contributed by atoms with van der Waals surface area (Å²) in [5.74, 6) is 0.647. The predicted octanol–water partition coefficient (Wildman–Crippen LogP) is 4.29. The summed E-state index contributed by atoms with van der Waals surface area (Å²) in [5.41, 5.74) is 3.58. The Hall–Kier alpha value is -3.04. The Morgan fingerprint density at radius 3 is 2.78 bits per heavy atom. The molecule has 0 radical (unpaired) electrons. The number of hydrogen-bond acceptors (Lipinski definition) is 7. The summed E-state index contributed by atoms with van der Waals surface area (Å²) in [7, 11) is 0. The number of anilines is 3. The number of aromatic nitrogens is 2. The highest BCUT2D eigenvalue weighted by Crippen LogP contribution is 2.29. The van der Waals surface area contributed by atoms with Gasteiger partial charge >= 0.3 is 0 Å². The molecule has 1 aromatic heterocycles. The number of nitrogens with one attached hydrogen (secondary N) is 3. The highest BCUT2D eigenvalue weighted by molar-refractivity contribution is 5.87. The van der Waals surface area contributed by atoms with Crippen LogP contribution >= 0.6 is 0 Å². The van der Waals surface area contributed by atoms with Gasteiger partial charge in [0.1, 0.15) is 0 Å². The number of carbonyl (C=O) groups excluding carboxylic acids is 1. The molecule has 200 valence electrons. The second-order valence-corrected chi connectivity index (χ2v) is 9.83. The van der Waals surface area contributed by atoms with Crippen molar-refractivity contribution in [1.82, 2.24) is 25.1 Å². The zero-order valence-electron chi connectivity index (χ0n) is 22.1. The molecule has 9 heteroatoms. The van der Waals surface area contributed by atoms with Crippen LogP contribution in [0, 0.1) is 11.7 Å². The number of benzene rings is 1. The molecule has 3 aliphatic rings. The van der Waals surface area contributed by atoms with Crippen molar-refractivity contribution in [3.8, 4) is 0 Å². The quantitative estimate of drug-likeness (QED) is 0.480. The molecule has 4 heterocycles. The lowest BCUT2D eigenvalue weighted by Gasteiger charge is -2.32. The molecule has 1 unspecified atom stereocenters. The minimum absolute atomic E-state index is 0.0733. The first-order chi connectivity index (χ1) is 18.1. The summed E-state index contributed by atoms with van der Waals surface area (Å²) in [6.07, 6.45) is 6.69. The van der Waals surface area contributed by atoms with Crippen LogP contribution in [0.1, 0.15) is 50.7 Å². The number of halogens is 1. The molecule has 37 heavy (non-hydrogen) atoms. The van der Waals surface area contributed by atoms with Gasteiger partial charge in [-0.15, -0.1) is 0 Å². The van der Waals surface area contributed by atoms with Crippen molar-refractivity contribution in [3.63, 3.8) is 0 Å². The van der Waals surface area contributed by atoms with Gasteiger partial charge < -0.3 is 20.9 Å². The molecule has 1 atom stereocenters. The molecule has 3 aliphatic heterocycles. The van der Waals surface area contributed by atoms with Crippen LogP contribution in [0.15, 0.2) is 37.1 Å². The van der Waals surface area contributed by atoms with E-state index in [-0.39, 0.29) is 17.8 Å². The van der Waals surface area contributed by atoms with E-state index in [0.717, 1.165) is 57.2 Å². The molecule has 0 aliphatic carbocycles. The Balaban J connectivity index is 0.00000156. The van der Waals surface area contributed by atoms with E-state index in [1.54, 1.807) is 4.90 Å². The second-order valence-electron chi connectivity index (χ2n) is 9.83. The van der Waals surface area contributed by atoms with E-state index in [1.807, 2.05) is 19.9 Å². The van der Waals surface area contributed by atoms with E-state index in [2.05, 4.69) is 49.5 Å². The average molecular weight is 510 g/mol. The van der Waals surface area contributed by atoms with Crippen molar-refractivity contribution in [2.45, 2.75) is 58.7 Å². The van der Waals surface area contributed by atoms with Gasteiger partial charge in [0.05, 0.1) is 6.20 Å². The van der Waals surface area contributed by atoms with Crippen LogP contribution in [-0.2, 0) is 17.9 Å². The molecular weight excluding hydrogens is 469 g/mol. The largest absolute Gasteiger partial charge is 0.363 e. The molecule has 2 aromatic rings. The number of amides is 1. The number of piperidine rings is 2. The molecule has 0 spiro atoms. The Morgan fingerprint density at radius 1 is 1.22 bits per heavy atom. The molecule has 8 nitrogen and oxygen atoms in total. The summed E-state index contributed by atoms with van der Waals surface area (Å²) in [6, 6.07) is 6.27. The highest BCUT2D eigenvalue weighted by Gasteiger charge is 2.25. The van der Waals surface area contributed by atoms with Gasteiger partial charge in [-0.05, 0) is 74.0 Å². The Morgan fingerprint density at radius 2 is 2.00 bits per heavy atom. The van der Waals surface area contributed by atoms with Crippen LogP contribution in [0.4, 0.5) is 21.8 Å². The van der Waals surface area contributed by atoms with Gasteiger partial charge in [0, 0.05) is 44.5 Å². The van der Waals surface area contributed by atoms with E-state index < -0.39 is 5.82 Å². The van der Waals surface area contributed by atoms with Crippen LogP contribution in [0.25, 0.3) is 0 Å². The second kappa shape index (κ2) is 13.0. The standard InChI is InChI=1S/C26H34FN7O.C2H6/c1-2-24(35)34-11-3-4-22(17-34)30-25-23(27)13-29-26(32-25)31-21-6-5-19-15-33(16-20(19)12-21)14-18-7-9-28-10-8-18;1-2/h2,5-6,12-13,18,22,28H,1,3-4,7-11,14-17H2,(H2,29,30,31,32);1-2H3. The third-order valence-electron chi connectivity index (χ3n) is 7.22. The van der Waals surface area contributed by atoms with E-state index in [9.17, 15) is 9.18 Å². The van der Waals surface area contributed by atoms with Gasteiger partial charge in [0.15, 0.2) is 11.6 Å². The van der Waals surface area contributed by atoms with Crippen molar-refractivity contribution in [2.75, 3.05) is 43.4 Å². The normalized spacial score (nSPS) is 20.0. The predicted molar refractivity (Wildman–Crippen MR) is 146 cm³/mol. The highest BCUT2D eigenvalue weighted by atomic mass is 19.1. The molecule has 2 saturated heterocycles. The summed E-state index contributed by atoms with van der Waals surface area (Å²) in [6.45, 7) is 14.1. The summed E-state index contributed by atoms with van der Waals surface area (Å²) in [5, 5.41) is 9.84. The third kappa shape index (κ3) is 7.05. The van der Waals surface area contributed by atoms with Gasteiger partial charge in [0.25, 0.3) is 0 Å². The maximum atomic E-state index is 14.5. The number of fused-ring (bicyclic) bond motifs is 1. The van der Waals surface area contributed by atoms with Gasteiger partial charge in [-0.2, -0.15) is 4.98 Å². The molecule has 5 rings (SSSR count). The van der Waals surface area contributed by atoms with E-state index in [1.165, 1.54) is 36.2 Å². The van der Waals surface area contributed by atoms with Crippen molar-refractivity contribution in [1.29, 1.82) is 0 Å². The van der Waals surface area contributed by atoms with Gasteiger partial charge in [0.2, 0.25) is 11.9 Å².